The highest BCUT2D eigenvalue weighted by atomic mass is 32.2. The topological polar surface area (TPSA) is 51.0 Å². The van der Waals surface area contributed by atoms with E-state index in [0.29, 0.717) is 13.2 Å². The van der Waals surface area contributed by atoms with E-state index in [4.69, 9.17) is 9.47 Å². The molecule has 3 rings (SSSR count). The molecule has 1 aromatic rings. The van der Waals surface area contributed by atoms with Crippen molar-refractivity contribution in [2.45, 2.75) is 24.8 Å². The number of benzene rings is 1. The van der Waals surface area contributed by atoms with Gasteiger partial charge in [-0.1, -0.05) is 18.2 Å². The van der Waals surface area contributed by atoms with Crippen molar-refractivity contribution in [2.75, 3.05) is 32.2 Å². The van der Waals surface area contributed by atoms with Crippen LogP contribution in [-0.2, 0) is 4.74 Å². The third kappa shape index (κ3) is 2.90. The van der Waals surface area contributed by atoms with Crippen LogP contribution in [0.1, 0.15) is 24.8 Å². The van der Waals surface area contributed by atoms with Crippen molar-refractivity contribution in [2.24, 2.45) is 10.9 Å². The van der Waals surface area contributed by atoms with E-state index in [0.717, 1.165) is 24.5 Å². The number of rotatable bonds is 5. The van der Waals surface area contributed by atoms with Crippen LogP contribution >= 0.6 is 11.8 Å². The molecule has 2 aliphatic heterocycles. The molecule has 1 saturated heterocycles. The molecule has 2 heterocycles. The highest BCUT2D eigenvalue weighted by Gasteiger charge is 2.46. The van der Waals surface area contributed by atoms with Gasteiger partial charge in [-0.05, 0) is 30.9 Å². The van der Waals surface area contributed by atoms with Crippen molar-refractivity contribution in [1.29, 1.82) is 0 Å². The second-order valence-electron chi connectivity index (χ2n) is 5.85. The molecule has 5 heteroatoms. The highest BCUT2D eigenvalue weighted by Crippen LogP contribution is 2.45. The minimum Gasteiger partial charge on any atom is -0.494 e. The predicted octanol–water partition coefficient (Wildman–Crippen LogP) is 2.71. The van der Waals surface area contributed by atoms with Crippen LogP contribution in [0, 0.1) is 5.92 Å². The number of ether oxygens (including phenoxy) is 2. The lowest BCUT2D eigenvalue weighted by atomic mass is 9.72. The molecule has 0 aromatic heterocycles. The third-order valence-corrected chi connectivity index (χ3v) is 5.58. The van der Waals surface area contributed by atoms with Gasteiger partial charge in [0.2, 0.25) is 0 Å². The summed E-state index contributed by atoms with van der Waals surface area (Å²) in [6.07, 6.45) is 0.920. The van der Waals surface area contributed by atoms with Crippen LogP contribution in [0.5, 0.6) is 5.75 Å². The SMILES string of the molecule is CCOc1ccccc1C1COCCC1C1(CO)CSC=N1. The van der Waals surface area contributed by atoms with Crippen molar-refractivity contribution in [3.05, 3.63) is 29.8 Å². The fourth-order valence-electron chi connectivity index (χ4n) is 3.53. The van der Waals surface area contributed by atoms with E-state index in [-0.39, 0.29) is 24.0 Å². The summed E-state index contributed by atoms with van der Waals surface area (Å²) in [7, 11) is 0. The number of aliphatic hydroxyl groups excluding tert-OH is 1. The van der Waals surface area contributed by atoms with Gasteiger partial charge in [-0.25, -0.2) is 0 Å². The van der Waals surface area contributed by atoms with Crippen molar-refractivity contribution in [3.63, 3.8) is 0 Å². The van der Waals surface area contributed by atoms with Gasteiger partial charge in [0.05, 0.1) is 30.9 Å². The first-order valence-corrected chi connectivity index (χ1v) is 8.91. The smallest absolute Gasteiger partial charge is 0.122 e. The Hall–Kier alpha value is -1.04. The quantitative estimate of drug-likeness (QED) is 0.906. The molecule has 22 heavy (non-hydrogen) atoms. The number of hydrogen-bond acceptors (Lipinski definition) is 5. The van der Waals surface area contributed by atoms with E-state index in [1.54, 1.807) is 11.8 Å². The fraction of sp³-hybridized carbons (Fsp3) is 0.588. The zero-order valence-electron chi connectivity index (χ0n) is 12.9. The number of thioether (sulfide) groups is 1. The van der Waals surface area contributed by atoms with Gasteiger partial charge in [0.15, 0.2) is 0 Å². The first-order valence-electron chi connectivity index (χ1n) is 7.86. The van der Waals surface area contributed by atoms with E-state index >= 15 is 0 Å². The number of aliphatic hydroxyl groups is 1. The molecule has 4 nitrogen and oxygen atoms in total. The number of aliphatic imine (C=N–C) groups is 1. The lowest BCUT2D eigenvalue weighted by Crippen LogP contribution is -2.47. The zero-order chi connectivity index (χ0) is 15.4. The Kier molecular flexibility index (Phi) is 5.06. The molecule has 0 bridgehead atoms. The van der Waals surface area contributed by atoms with Crippen LogP contribution in [0.2, 0.25) is 0 Å². The summed E-state index contributed by atoms with van der Waals surface area (Å²) in [5.41, 5.74) is 2.68. The largest absolute Gasteiger partial charge is 0.494 e. The lowest BCUT2D eigenvalue weighted by molar-refractivity contribution is 0.00992. The van der Waals surface area contributed by atoms with Crippen LogP contribution < -0.4 is 4.74 Å². The summed E-state index contributed by atoms with van der Waals surface area (Å²) in [6.45, 7) is 4.14. The number of hydrogen-bond donors (Lipinski definition) is 1. The van der Waals surface area contributed by atoms with E-state index in [1.807, 2.05) is 30.7 Å². The molecule has 1 fully saturated rings. The van der Waals surface area contributed by atoms with E-state index in [2.05, 4.69) is 11.1 Å². The summed E-state index contributed by atoms with van der Waals surface area (Å²) >= 11 is 1.69. The molecular weight excluding hydrogens is 298 g/mol. The zero-order valence-corrected chi connectivity index (χ0v) is 13.7. The summed E-state index contributed by atoms with van der Waals surface area (Å²) in [5.74, 6) is 2.26. The minimum absolute atomic E-state index is 0.0917. The van der Waals surface area contributed by atoms with Gasteiger partial charge in [-0.2, -0.15) is 0 Å². The second kappa shape index (κ2) is 7.02. The van der Waals surface area contributed by atoms with Crippen molar-refractivity contribution in [1.82, 2.24) is 0 Å². The summed E-state index contributed by atoms with van der Waals surface area (Å²) in [4.78, 5) is 4.65. The molecule has 3 unspecified atom stereocenters. The van der Waals surface area contributed by atoms with Gasteiger partial charge in [0.25, 0.3) is 0 Å². The molecule has 0 aliphatic carbocycles. The minimum atomic E-state index is -0.377. The fourth-order valence-corrected chi connectivity index (χ4v) is 4.56. The molecule has 0 radical (unpaired) electrons. The van der Waals surface area contributed by atoms with Gasteiger partial charge in [-0.15, -0.1) is 11.8 Å². The second-order valence-corrected chi connectivity index (χ2v) is 6.69. The van der Waals surface area contributed by atoms with Gasteiger partial charge in [0, 0.05) is 18.3 Å². The molecule has 0 spiro atoms. The maximum atomic E-state index is 10.0. The molecular formula is C17H23NO3S. The summed E-state index contributed by atoms with van der Waals surface area (Å²) in [5, 5.41) is 10.0. The van der Waals surface area contributed by atoms with Crippen molar-refractivity contribution in [3.8, 4) is 5.75 Å². The number of para-hydroxylation sites is 1. The Bertz CT molecular complexity index is 536. The van der Waals surface area contributed by atoms with Gasteiger partial charge in [0.1, 0.15) is 5.75 Å². The lowest BCUT2D eigenvalue weighted by Gasteiger charge is -2.41. The molecule has 120 valence electrons. The monoisotopic (exact) mass is 321 g/mol. The van der Waals surface area contributed by atoms with Crippen LogP contribution in [0.3, 0.4) is 0 Å². The van der Waals surface area contributed by atoms with E-state index in [9.17, 15) is 5.11 Å². The van der Waals surface area contributed by atoms with Gasteiger partial charge in [-0.3, -0.25) is 4.99 Å². The average molecular weight is 321 g/mol. The Balaban J connectivity index is 1.95. The van der Waals surface area contributed by atoms with Crippen LogP contribution in [-0.4, -0.2) is 48.4 Å². The van der Waals surface area contributed by atoms with Gasteiger partial charge < -0.3 is 14.6 Å². The molecule has 1 aromatic carbocycles. The van der Waals surface area contributed by atoms with E-state index < -0.39 is 0 Å². The molecule has 0 amide bonds. The normalized spacial score (nSPS) is 31.4. The average Bonchev–Trinajstić information content (AvgIpc) is 3.06. The number of nitrogens with zero attached hydrogens (tertiary/aromatic N) is 1. The maximum absolute atomic E-state index is 10.0. The van der Waals surface area contributed by atoms with Crippen LogP contribution in [0.15, 0.2) is 29.3 Å². The highest BCUT2D eigenvalue weighted by molar-refractivity contribution is 8.12. The first-order chi connectivity index (χ1) is 10.8. The van der Waals surface area contributed by atoms with Crippen LogP contribution in [0.4, 0.5) is 0 Å². The first kappa shape index (κ1) is 15.8. The Morgan fingerprint density at radius 3 is 3.05 bits per heavy atom. The maximum Gasteiger partial charge on any atom is 0.122 e. The van der Waals surface area contributed by atoms with Gasteiger partial charge >= 0.3 is 0 Å². The molecule has 3 atom stereocenters. The van der Waals surface area contributed by atoms with Crippen molar-refractivity contribution < 1.29 is 14.6 Å². The van der Waals surface area contributed by atoms with Crippen molar-refractivity contribution >= 4 is 17.3 Å². The summed E-state index contributed by atoms with van der Waals surface area (Å²) in [6, 6.07) is 8.18. The Morgan fingerprint density at radius 2 is 2.32 bits per heavy atom. The Labute approximate surface area is 135 Å². The third-order valence-electron chi connectivity index (χ3n) is 4.66. The molecule has 2 aliphatic rings. The predicted molar refractivity (Wildman–Crippen MR) is 90.0 cm³/mol. The van der Waals surface area contributed by atoms with E-state index in [1.165, 1.54) is 5.56 Å². The Morgan fingerprint density at radius 1 is 1.45 bits per heavy atom. The standard InChI is InChI=1S/C17H23NO3S/c1-2-21-16-6-4-3-5-13(16)14-9-20-8-7-15(14)17(10-19)11-22-12-18-17/h3-6,12,14-15,19H,2,7-11H2,1H3. The summed E-state index contributed by atoms with van der Waals surface area (Å²) < 4.78 is 11.6. The van der Waals surface area contributed by atoms with Crippen LogP contribution in [0.25, 0.3) is 0 Å². The molecule has 0 saturated carbocycles. The molecule has 1 N–H and O–H groups in total.